The molecular formula is C18H20N2O4. The average molecular weight is 328 g/mol. The molecule has 6 nitrogen and oxygen atoms in total. The number of aryl methyl sites for hydroxylation is 1. The highest BCUT2D eigenvalue weighted by molar-refractivity contribution is 6.06. The summed E-state index contributed by atoms with van der Waals surface area (Å²) < 4.78 is 5.22. The fourth-order valence-corrected chi connectivity index (χ4v) is 2.25. The van der Waals surface area contributed by atoms with Crippen LogP contribution in [0.25, 0.3) is 0 Å². The molecule has 0 radical (unpaired) electrons. The number of benzene rings is 2. The molecule has 0 aliphatic carbocycles. The summed E-state index contributed by atoms with van der Waals surface area (Å²) in [5, 5.41) is 15.2. The van der Waals surface area contributed by atoms with E-state index in [4.69, 9.17) is 4.74 Å². The SMILES string of the molecule is CCc1ccc(O)c(C(=O)Nc2ccc(NC(C)=O)c(OC)c2)c1. The fourth-order valence-electron chi connectivity index (χ4n) is 2.25. The number of carbonyl (C=O) groups is 2. The van der Waals surface area contributed by atoms with Gasteiger partial charge in [-0.2, -0.15) is 0 Å². The lowest BCUT2D eigenvalue weighted by atomic mass is 10.1. The third-order valence-electron chi connectivity index (χ3n) is 3.48. The zero-order chi connectivity index (χ0) is 17.7. The maximum Gasteiger partial charge on any atom is 0.259 e. The van der Waals surface area contributed by atoms with Crippen molar-refractivity contribution in [2.75, 3.05) is 17.7 Å². The summed E-state index contributed by atoms with van der Waals surface area (Å²) in [6, 6.07) is 9.83. The highest BCUT2D eigenvalue weighted by Crippen LogP contribution is 2.29. The lowest BCUT2D eigenvalue weighted by Gasteiger charge is -2.12. The molecule has 3 N–H and O–H groups in total. The van der Waals surface area contributed by atoms with Crippen LogP contribution in [0.5, 0.6) is 11.5 Å². The highest BCUT2D eigenvalue weighted by Gasteiger charge is 2.13. The molecule has 24 heavy (non-hydrogen) atoms. The number of amides is 2. The van der Waals surface area contributed by atoms with Crippen molar-refractivity contribution in [3.8, 4) is 11.5 Å². The van der Waals surface area contributed by atoms with Crippen LogP contribution in [-0.4, -0.2) is 24.0 Å². The Morgan fingerprint density at radius 1 is 1.12 bits per heavy atom. The van der Waals surface area contributed by atoms with Gasteiger partial charge in [-0.15, -0.1) is 0 Å². The predicted molar refractivity (Wildman–Crippen MR) is 92.7 cm³/mol. The molecular weight excluding hydrogens is 308 g/mol. The summed E-state index contributed by atoms with van der Waals surface area (Å²) in [4.78, 5) is 23.5. The van der Waals surface area contributed by atoms with E-state index in [1.54, 1.807) is 30.3 Å². The van der Waals surface area contributed by atoms with Crippen molar-refractivity contribution in [3.05, 3.63) is 47.5 Å². The molecule has 126 valence electrons. The Hall–Kier alpha value is -3.02. The summed E-state index contributed by atoms with van der Waals surface area (Å²) in [7, 11) is 1.48. The van der Waals surface area contributed by atoms with Crippen LogP contribution < -0.4 is 15.4 Å². The predicted octanol–water partition coefficient (Wildman–Crippen LogP) is 3.17. The summed E-state index contributed by atoms with van der Waals surface area (Å²) in [6.07, 6.45) is 0.764. The van der Waals surface area contributed by atoms with Crippen LogP contribution in [0, 0.1) is 0 Å². The molecule has 0 aliphatic rings. The highest BCUT2D eigenvalue weighted by atomic mass is 16.5. The molecule has 0 atom stereocenters. The van der Waals surface area contributed by atoms with Gasteiger partial charge in [-0.1, -0.05) is 13.0 Å². The van der Waals surface area contributed by atoms with E-state index >= 15 is 0 Å². The van der Waals surface area contributed by atoms with Crippen molar-refractivity contribution in [3.63, 3.8) is 0 Å². The second kappa shape index (κ2) is 7.50. The molecule has 0 unspecified atom stereocenters. The lowest BCUT2D eigenvalue weighted by molar-refractivity contribution is -0.114. The molecule has 0 fully saturated rings. The number of nitrogens with one attached hydrogen (secondary N) is 2. The van der Waals surface area contributed by atoms with Crippen LogP contribution in [-0.2, 0) is 11.2 Å². The van der Waals surface area contributed by atoms with Gasteiger partial charge in [0.05, 0.1) is 18.4 Å². The first kappa shape index (κ1) is 17.3. The van der Waals surface area contributed by atoms with E-state index in [2.05, 4.69) is 10.6 Å². The largest absolute Gasteiger partial charge is 0.507 e. The van der Waals surface area contributed by atoms with Gasteiger partial charge in [-0.25, -0.2) is 0 Å². The molecule has 2 rings (SSSR count). The van der Waals surface area contributed by atoms with Gasteiger partial charge in [-0.05, 0) is 36.2 Å². The van der Waals surface area contributed by atoms with Crippen LogP contribution in [0.1, 0.15) is 29.8 Å². The molecule has 2 amide bonds. The van der Waals surface area contributed by atoms with Gasteiger partial charge in [-0.3, -0.25) is 9.59 Å². The molecule has 0 bridgehead atoms. The number of carbonyl (C=O) groups excluding carboxylic acids is 2. The Morgan fingerprint density at radius 2 is 1.88 bits per heavy atom. The first-order valence-corrected chi connectivity index (χ1v) is 7.53. The number of hydrogen-bond donors (Lipinski definition) is 3. The molecule has 0 saturated heterocycles. The zero-order valence-corrected chi connectivity index (χ0v) is 13.8. The number of ether oxygens (including phenoxy) is 1. The van der Waals surface area contributed by atoms with Crippen molar-refractivity contribution in [2.24, 2.45) is 0 Å². The van der Waals surface area contributed by atoms with Crippen LogP contribution in [0.2, 0.25) is 0 Å². The zero-order valence-electron chi connectivity index (χ0n) is 13.8. The van der Waals surface area contributed by atoms with Crippen LogP contribution >= 0.6 is 0 Å². The third kappa shape index (κ3) is 4.04. The Bertz CT molecular complexity index is 772. The number of methoxy groups -OCH3 is 1. The monoisotopic (exact) mass is 328 g/mol. The van der Waals surface area contributed by atoms with Crippen LogP contribution in [0.4, 0.5) is 11.4 Å². The first-order chi connectivity index (χ1) is 11.4. The summed E-state index contributed by atoms with van der Waals surface area (Å²) in [5.74, 6) is -0.287. The molecule has 0 aliphatic heterocycles. The van der Waals surface area contributed by atoms with Crippen molar-refractivity contribution in [1.82, 2.24) is 0 Å². The Kier molecular flexibility index (Phi) is 5.42. The van der Waals surface area contributed by atoms with Crippen molar-refractivity contribution >= 4 is 23.2 Å². The minimum Gasteiger partial charge on any atom is -0.507 e. The van der Waals surface area contributed by atoms with E-state index in [1.807, 2.05) is 6.92 Å². The van der Waals surface area contributed by atoms with Gasteiger partial charge in [0.15, 0.2) is 0 Å². The fraction of sp³-hybridized carbons (Fsp3) is 0.222. The van der Waals surface area contributed by atoms with Gasteiger partial charge < -0.3 is 20.5 Å². The number of rotatable bonds is 5. The molecule has 0 saturated carbocycles. The van der Waals surface area contributed by atoms with Gasteiger partial charge in [0, 0.05) is 18.7 Å². The smallest absolute Gasteiger partial charge is 0.259 e. The summed E-state index contributed by atoms with van der Waals surface area (Å²) >= 11 is 0. The van der Waals surface area contributed by atoms with Crippen molar-refractivity contribution < 1.29 is 19.4 Å². The number of aromatic hydroxyl groups is 1. The number of phenols is 1. The van der Waals surface area contributed by atoms with E-state index in [0.29, 0.717) is 17.1 Å². The van der Waals surface area contributed by atoms with Crippen molar-refractivity contribution in [2.45, 2.75) is 20.3 Å². The minimum atomic E-state index is -0.419. The van der Waals surface area contributed by atoms with Gasteiger partial charge >= 0.3 is 0 Å². The second-order valence-corrected chi connectivity index (χ2v) is 5.26. The van der Waals surface area contributed by atoms with E-state index < -0.39 is 5.91 Å². The van der Waals surface area contributed by atoms with E-state index in [1.165, 1.54) is 20.1 Å². The average Bonchev–Trinajstić information content (AvgIpc) is 2.56. The minimum absolute atomic E-state index is 0.0773. The third-order valence-corrected chi connectivity index (χ3v) is 3.48. The molecule has 0 aromatic heterocycles. The summed E-state index contributed by atoms with van der Waals surface area (Å²) in [5.41, 5.74) is 2.17. The Labute approximate surface area is 140 Å². The maximum atomic E-state index is 12.4. The number of anilines is 2. The van der Waals surface area contributed by atoms with E-state index in [-0.39, 0.29) is 17.2 Å². The normalized spacial score (nSPS) is 10.1. The van der Waals surface area contributed by atoms with E-state index in [9.17, 15) is 14.7 Å². The molecule has 0 spiro atoms. The Balaban J connectivity index is 2.24. The van der Waals surface area contributed by atoms with Crippen molar-refractivity contribution in [1.29, 1.82) is 0 Å². The topological polar surface area (TPSA) is 87.7 Å². The molecule has 2 aromatic carbocycles. The van der Waals surface area contributed by atoms with Crippen LogP contribution in [0.3, 0.4) is 0 Å². The van der Waals surface area contributed by atoms with E-state index in [0.717, 1.165) is 12.0 Å². The second-order valence-electron chi connectivity index (χ2n) is 5.26. The summed E-state index contributed by atoms with van der Waals surface area (Å²) in [6.45, 7) is 3.37. The van der Waals surface area contributed by atoms with Gasteiger partial charge in [0.25, 0.3) is 5.91 Å². The molecule has 6 heteroatoms. The van der Waals surface area contributed by atoms with Gasteiger partial charge in [0.1, 0.15) is 11.5 Å². The first-order valence-electron chi connectivity index (χ1n) is 7.53. The number of hydrogen-bond acceptors (Lipinski definition) is 4. The quantitative estimate of drug-likeness (QED) is 0.786. The Morgan fingerprint density at radius 3 is 2.50 bits per heavy atom. The molecule has 0 heterocycles. The maximum absolute atomic E-state index is 12.4. The molecule has 2 aromatic rings. The van der Waals surface area contributed by atoms with Gasteiger partial charge in [0.2, 0.25) is 5.91 Å². The lowest BCUT2D eigenvalue weighted by Crippen LogP contribution is -2.13. The number of phenolic OH excluding ortho intramolecular Hbond substituents is 1. The van der Waals surface area contributed by atoms with Crippen LogP contribution in [0.15, 0.2) is 36.4 Å². The standard InChI is InChI=1S/C18H20N2O4/c1-4-12-5-8-16(22)14(9-12)18(23)20-13-6-7-15(19-11(2)21)17(10-13)24-3/h5-10,22H,4H2,1-3H3,(H,19,21)(H,20,23).